The van der Waals surface area contributed by atoms with Crippen LogP contribution in [0.25, 0.3) is 0 Å². The van der Waals surface area contributed by atoms with Crippen LogP contribution < -0.4 is 9.46 Å². The average molecular weight is 315 g/mol. The minimum Gasteiger partial charge on any atom is -0.495 e. The van der Waals surface area contributed by atoms with E-state index in [2.05, 4.69) is 4.72 Å². The second-order valence-corrected chi connectivity index (χ2v) is 6.39. The van der Waals surface area contributed by atoms with E-state index in [1.54, 1.807) is 0 Å². The zero-order chi connectivity index (χ0) is 15.5. The monoisotopic (exact) mass is 315 g/mol. The molecule has 1 unspecified atom stereocenters. The summed E-state index contributed by atoms with van der Waals surface area (Å²) in [7, 11) is -2.50. The van der Waals surface area contributed by atoms with Crippen LogP contribution in [0.1, 0.15) is 23.2 Å². The van der Waals surface area contributed by atoms with Crippen molar-refractivity contribution in [3.05, 3.63) is 23.8 Å². The number of hydrogen-bond donors (Lipinski definition) is 2. The lowest BCUT2D eigenvalue weighted by molar-refractivity contribution is 0.0696. The Morgan fingerprint density at radius 1 is 1.48 bits per heavy atom. The highest BCUT2D eigenvalue weighted by Crippen LogP contribution is 2.25. The van der Waals surface area contributed by atoms with Gasteiger partial charge in [-0.25, -0.2) is 17.9 Å². The van der Waals surface area contributed by atoms with E-state index in [9.17, 15) is 13.2 Å². The van der Waals surface area contributed by atoms with Gasteiger partial charge in [0, 0.05) is 12.6 Å². The Bertz CT molecular complexity index is 622. The van der Waals surface area contributed by atoms with Crippen LogP contribution in [0.4, 0.5) is 0 Å². The standard InChI is InChI=1S/C13H17NO6S/c1-19-11-7-9(13(15)16)4-5-12(11)21(17,18)14-10-3-2-6-20-8-10/h4-5,7,10,14H,2-3,6,8H2,1H3,(H,15,16). The van der Waals surface area contributed by atoms with Gasteiger partial charge in [0.05, 0.1) is 19.3 Å². The number of nitrogens with one attached hydrogen (secondary N) is 1. The lowest BCUT2D eigenvalue weighted by Crippen LogP contribution is -2.40. The third kappa shape index (κ3) is 3.72. The molecule has 1 aliphatic heterocycles. The minimum absolute atomic E-state index is 0.000808. The Kier molecular flexibility index (Phi) is 4.81. The molecule has 1 aromatic rings. The molecule has 2 N–H and O–H groups in total. The van der Waals surface area contributed by atoms with Crippen LogP contribution in [0.2, 0.25) is 0 Å². The molecule has 2 rings (SSSR count). The average Bonchev–Trinajstić information content (AvgIpc) is 2.47. The number of rotatable bonds is 5. The van der Waals surface area contributed by atoms with Gasteiger partial charge in [0.15, 0.2) is 0 Å². The first kappa shape index (κ1) is 15.7. The number of hydrogen-bond acceptors (Lipinski definition) is 5. The molecule has 0 aromatic heterocycles. The van der Waals surface area contributed by atoms with Gasteiger partial charge < -0.3 is 14.6 Å². The number of carboxylic acids is 1. The van der Waals surface area contributed by atoms with Gasteiger partial charge in [-0.05, 0) is 31.0 Å². The van der Waals surface area contributed by atoms with Crippen molar-refractivity contribution in [2.45, 2.75) is 23.8 Å². The van der Waals surface area contributed by atoms with Crippen LogP contribution in [0, 0.1) is 0 Å². The van der Waals surface area contributed by atoms with Gasteiger partial charge in [-0.15, -0.1) is 0 Å². The first-order valence-electron chi connectivity index (χ1n) is 6.45. The zero-order valence-electron chi connectivity index (χ0n) is 11.5. The Balaban J connectivity index is 2.28. The van der Waals surface area contributed by atoms with Crippen molar-refractivity contribution >= 4 is 16.0 Å². The fourth-order valence-electron chi connectivity index (χ4n) is 2.14. The van der Waals surface area contributed by atoms with E-state index in [0.717, 1.165) is 6.42 Å². The molecule has 8 heteroatoms. The normalized spacial score (nSPS) is 19.2. The molecule has 1 heterocycles. The van der Waals surface area contributed by atoms with Crippen molar-refractivity contribution < 1.29 is 27.8 Å². The second-order valence-electron chi connectivity index (χ2n) is 4.71. The third-order valence-electron chi connectivity index (χ3n) is 3.18. The van der Waals surface area contributed by atoms with Gasteiger partial charge in [-0.3, -0.25) is 0 Å². The SMILES string of the molecule is COc1cc(C(=O)O)ccc1S(=O)(=O)NC1CCCOC1. The molecule has 21 heavy (non-hydrogen) atoms. The maximum absolute atomic E-state index is 12.4. The van der Waals surface area contributed by atoms with Crippen LogP contribution in [0.3, 0.4) is 0 Å². The summed E-state index contributed by atoms with van der Waals surface area (Å²) in [4.78, 5) is 10.8. The summed E-state index contributed by atoms with van der Waals surface area (Å²) in [5.41, 5.74) is -0.0354. The number of carboxylic acid groups (broad SMARTS) is 1. The molecule has 1 fully saturated rings. The van der Waals surface area contributed by atoms with Crippen molar-refractivity contribution in [1.29, 1.82) is 0 Å². The molecule has 1 atom stereocenters. The quantitative estimate of drug-likeness (QED) is 0.835. The van der Waals surface area contributed by atoms with Crippen LogP contribution in [-0.2, 0) is 14.8 Å². The van der Waals surface area contributed by atoms with Gasteiger partial charge >= 0.3 is 5.97 Å². The van der Waals surface area contributed by atoms with Crippen molar-refractivity contribution in [2.75, 3.05) is 20.3 Å². The lowest BCUT2D eigenvalue weighted by Gasteiger charge is -2.23. The number of sulfonamides is 1. The predicted molar refractivity (Wildman–Crippen MR) is 74.1 cm³/mol. The van der Waals surface area contributed by atoms with Crippen LogP contribution in [-0.4, -0.2) is 45.9 Å². The van der Waals surface area contributed by atoms with Gasteiger partial charge in [0.25, 0.3) is 0 Å². The van der Waals surface area contributed by atoms with E-state index in [1.807, 2.05) is 0 Å². The molecular formula is C13H17NO6S. The first-order valence-corrected chi connectivity index (χ1v) is 7.94. The van der Waals surface area contributed by atoms with E-state index in [4.69, 9.17) is 14.6 Å². The zero-order valence-corrected chi connectivity index (χ0v) is 12.4. The van der Waals surface area contributed by atoms with E-state index in [0.29, 0.717) is 19.6 Å². The number of ether oxygens (including phenoxy) is 2. The highest BCUT2D eigenvalue weighted by atomic mass is 32.2. The summed E-state index contributed by atoms with van der Waals surface area (Å²) < 4.78 is 37.5. The van der Waals surface area contributed by atoms with Gasteiger partial charge in [-0.1, -0.05) is 0 Å². The van der Waals surface area contributed by atoms with Gasteiger partial charge in [0.1, 0.15) is 10.6 Å². The summed E-state index contributed by atoms with van der Waals surface area (Å²) in [6.45, 7) is 0.962. The molecule has 0 aliphatic carbocycles. The molecule has 1 aliphatic rings. The summed E-state index contributed by atoms with van der Waals surface area (Å²) in [6.07, 6.45) is 1.50. The molecule has 0 spiro atoms. The Morgan fingerprint density at radius 2 is 2.24 bits per heavy atom. The molecular weight excluding hydrogens is 298 g/mol. The Morgan fingerprint density at radius 3 is 2.81 bits per heavy atom. The first-order chi connectivity index (χ1) is 9.94. The molecule has 116 valence electrons. The maximum Gasteiger partial charge on any atom is 0.335 e. The van der Waals surface area contributed by atoms with E-state index >= 15 is 0 Å². The largest absolute Gasteiger partial charge is 0.495 e. The third-order valence-corrected chi connectivity index (χ3v) is 4.74. The van der Waals surface area contributed by atoms with Gasteiger partial charge in [-0.2, -0.15) is 0 Å². The molecule has 0 saturated carbocycles. The van der Waals surface area contributed by atoms with Crippen molar-refractivity contribution in [2.24, 2.45) is 0 Å². The number of aromatic carboxylic acids is 1. The molecule has 1 aromatic carbocycles. The highest BCUT2D eigenvalue weighted by molar-refractivity contribution is 7.89. The predicted octanol–water partition coefficient (Wildman–Crippen LogP) is 0.851. The smallest absolute Gasteiger partial charge is 0.335 e. The lowest BCUT2D eigenvalue weighted by atomic mass is 10.1. The van der Waals surface area contributed by atoms with E-state index in [-0.39, 0.29) is 22.3 Å². The van der Waals surface area contributed by atoms with Crippen LogP contribution in [0.5, 0.6) is 5.75 Å². The second kappa shape index (κ2) is 6.42. The molecule has 0 amide bonds. The van der Waals surface area contributed by atoms with Crippen molar-refractivity contribution in [3.8, 4) is 5.75 Å². The topological polar surface area (TPSA) is 102 Å². The number of carbonyl (C=O) groups is 1. The molecule has 0 radical (unpaired) electrons. The fourth-order valence-corrected chi connectivity index (χ4v) is 3.55. The summed E-state index contributed by atoms with van der Waals surface area (Å²) in [5, 5.41) is 8.92. The Labute approximate surface area is 122 Å². The fraction of sp³-hybridized carbons (Fsp3) is 0.462. The van der Waals surface area contributed by atoms with E-state index < -0.39 is 16.0 Å². The molecule has 1 saturated heterocycles. The number of methoxy groups -OCH3 is 1. The number of benzene rings is 1. The summed E-state index contributed by atoms with van der Waals surface area (Å²) in [6, 6.07) is 3.37. The maximum atomic E-state index is 12.4. The van der Waals surface area contributed by atoms with Crippen LogP contribution in [0.15, 0.2) is 23.1 Å². The summed E-state index contributed by atoms with van der Waals surface area (Å²) in [5.74, 6) is -1.15. The Hall–Kier alpha value is -1.64. The molecule has 0 bridgehead atoms. The molecule has 7 nitrogen and oxygen atoms in total. The van der Waals surface area contributed by atoms with Gasteiger partial charge in [0.2, 0.25) is 10.0 Å². The van der Waals surface area contributed by atoms with Crippen molar-refractivity contribution in [1.82, 2.24) is 4.72 Å². The van der Waals surface area contributed by atoms with E-state index in [1.165, 1.54) is 25.3 Å². The van der Waals surface area contributed by atoms with Crippen molar-refractivity contribution in [3.63, 3.8) is 0 Å². The summed E-state index contributed by atoms with van der Waals surface area (Å²) >= 11 is 0. The highest BCUT2D eigenvalue weighted by Gasteiger charge is 2.25. The minimum atomic E-state index is -3.79. The van der Waals surface area contributed by atoms with Crippen LogP contribution >= 0.6 is 0 Å².